The summed E-state index contributed by atoms with van der Waals surface area (Å²) in [4.78, 5) is 43.6. The summed E-state index contributed by atoms with van der Waals surface area (Å²) in [5.41, 5.74) is 3.71. The van der Waals surface area contributed by atoms with Crippen molar-refractivity contribution in [1.82, 2.24) is 29.5 Å². The molecule has 5 aromatic rings. The highest BCUT2D eigenvalue weighted by atomic mass is 79.9. The monoisotopic (exact) mass is 1110 g/mol. The van der Waals surface area contributed by atoms with Crippen LogP contribution in [-0.2, 0) is 42.0 Å². The summed E-state index contributed by atoms with van der Waals surface area (Å²) in [6.07, 6.45) is 7.33. The molecule has 4 aliphatic rings. The molecule has 3 aromatic heterocycles. The summed E-state index contributed by atoms with van der Waals surface area (Å²) < 4.78 is 94.6. The average Bonchev–Trinajstić information content (AvgIpc) is 4.03. The summed E-state index contributed by atoms with van der Waals surface area (Å²) in [6, 6.07) is 11.6. The number of anilines is 2. The number of carbonyl (C=O) groups is 2. The number of carbonyl (C=O) groups excluding carboxylic acids is 2. The van der Waals surface area contributed by atoms with Crippen LogP contribution in [0.4, 0.5) is 47.6 Å². The number of alkyl halides is 6. The van der Waals surface area contributed by atoms with Crippen molar-refractivity contribution in [3.8, 4) is 11.1 Å². The van der Waals surface area contributed by atoms with Crippen LogP contribution < -0.4 is 9.80 Å². The van der Waals surface area contributed by atoms with Gasteiger partial charge in [0, 0.05) is 77.5 Å². The van der Waals surface area contributed by atoms with Crippen molar-refractivity contribution < 1.29 is 45.4 Å². The molecule has 5 heterocycles. The number of hydrogen-bond donors (Lipinski definition) is 0. The second-order valence-corrected chi connectivity index (χ2v) is 21.4. The fourth-order valence-electron chi connectivity index (χ4n) is 11.4. The van der Waals surface area contributed by atoms with Gasteiger partial charge in [-0.2, -0.15) is 31.4 Å². The zero-order valence-electron chi connectivity index (χ0n) is 43.6. The van der Waals surface area contributed by atoms with Crippen molar-refractivity contribution in [2.24, 2.45) is 7.05 Å². The number of nitrogens with zero attached hydrogens (tertiary/aromatic N) is 8. The van der Waals surface area contributed by atoms with Gasteiger partial charge in [-0.3, -0.25) is 14.5 Å². The highest BCUT2D eigenvalue weighted by Crippen LogP contribution is 2.42. The highest BCUT2D eigenvalue weighted by Gasteiger charge is 2.44. The molecule has 404 valence electrons. The van der Waals surface area contributed by atoms with Crippen LogP contribution in [0.2, 0.25) is 0 Å². The van der Waals surface area contributed by atoms with Gasteiger partial charge in [0.05, 0.1) is 42.5 Å². The standard InChI is InChI=1S/C30H36F3N5O2.C26H31BrF3N3O2/c1-5-37(26-9-7-6-8-10-26)28-23(13-22(15-34-28)24-16-35-36(4)17-24)18-38-20(3)27(40-29(38)39)21-11-19(2)12-25(14-21)30(31,32)33;1-4-32(22-8-6-5-7-9-22)24-19(13-21(27)14-31-24)15-33-17(3)23(35-25(33)34)18-10-16(2)11-20(12-18)26(28,29)30/h11-17,20,26-27H,5-10,18H2,1-4H3;10-14,17,22-23H,4-9,15H2,1-3H3/t20-,27-;17-,23-/m00/s1. The molecule has 12 nitrogen and oxygen atoms in total. The van der Waals surface area contributed by atoms with Crippen LogP contribution in [-0.4, -0.2) is 79.0 Å². The summed E-state index contributed by atoms with van der Waals surface area (Å²) in [5, 5.41) is 4.29. The minimum atomic E-state index is -4.48. The van der Waals surface area contributed by atoms with Gasteiger partial charge in [-0.05, 0) is 131 Å². The predicted octanol–water partition coefficient (Wildman–Crippen LogP) is 14.5. The van der Waals surface area contributed by atoms with Crippen molar-refractivity contribution in [1.29, 1.82) is 0 Å². The highest BCUT2D eigenvalue weighted by molar-refractivity contribution is 9.10. The van der Waals surface area contributed by atoms with E-state index in [0.717, 1.165) is 101 Å². The number of aromatic nitrogens is 4. The number of rotatable bonds is 13. The molecule has 9 rings (SSSR count). The topological polar surface area (TPSA) is 109 Å². The van der Waals surface area contributed by atoms with Crippen LogP contribution in [0.15, 0.2) is 77.8 Å². The maximum atomic E-state index is 13.5. The number of cyclic esters (lactones) is 2. The fourth-order valence-corrected chi connectivity index (χ4v) is 11.7. The number of pyridine rings is 2. The Balaban J connectivity index is 0.000000201. The number of ether oxygens (including phenoxy) is 2. The Bertz CT molecular complexity index is 2810. The Morgan fingerprint density at radius 3 is 1.47 bits per heavy atom. The van der Waals surface area contributed by atoms with Crippen molar-refractivity contribution in [2.45, 2.75) is 168 Å². The second kappa shape index (κ2) is 23.2. The Morgan fingerprint density at radius 2 is 1.05 bits per heavy atom. The van der Waals surface area contributed by atoms with E-state index in [-0.39, 0.29) is 13.1 Å². The zero-order valence-corrected chi connectivity index (χ0v) is 45.2. The molecule has 4 fully saturated rings. The first-order chi connectivity index (χ1) is 35.6. The Hall–Kier alpha value is -5.85. The van der Waals surface area contributed by atoms with Crippen LogP contribution in [0, 0.1) is 13.8 Å². The lowest BCUT2D eigenvalue weighted by Gasteiger charge is -2.36. The van der Waals surface area contributed by atoms with E-state index in [1.54, 1.807) is 52.9 Å². The molecule has 0 unspecified atom stereocenters. The van der Waals surface area contributed by atoms with Gasteiger partial charge in [0.15, 0.2) is 0 Å². The number of aryl methyl sites for hydroxylation is 3. The zero-order chi connectivity index (χ0) is 53.9. The number of hydrogen-bond acceptors (Lipinski definition) is 9. The molecule has 0 N–H and O–H groups in total. The molecule has 2 saturated carbocycles. The predicted molar refractivity (Wildman–Crippen MR) is 279 cm³/mol. The molecule has 0 spiro atoms. The summed E-state index contributed by atoms with van der Waals surface area (Å²) in [7, 11) is 1.85. The van der Waals surface area contributed by atoms with E-state index in [1.165, 1.54) is 38.5 Å². The Kier molecular flexibility index (Phi) is 17.1. The van der Waals surface area contributed by atoms with Crippen LogP contribution in [0.3, 0.4) is 0 Å². The van der Waals surface area contributed by atoms with Crippen molar-refractivity contribution in [3.05, 3.63) is 122 Å². The summed E-state index contributed by atoms with van der Waals surface area (Å²) >= 11 is 3.50. The van der Waals surface area contributed by atoms with E-state index in [4.69, 9.17) is 19.4 Å². The van der Waals surface area contributed by atoms with E-state index in [2.05, 4.69) is 44.7 Å². The normalized spacial score (nSPS) is 20.7. The molecule has 4 atom stereocenters. The first-order valence-corrected chi connectivity index (χ1v) is 26.9. The molecule has 0 bridgehead atoms. The molecule has 2 amide bonds. The third-order valence-electron chi connectivity index (χ3n) is 15.1. The maximum Gasteiger partial charge on any atom is 0.416 e. The van der Waals surface area contributed by atoms with Gasteiger partial charge in [-0.25, -0.2) is 19.6 Å². The minimum Gasteiger partial charge on any atom is -0.439 e. The van der Waals surface area contributed by atoms with Crippen molar-refractivity contribution in [2.75, 3.05) is 22.9 Å². The first kappa shape index (κ1) is 55.4. The average molecular weight is 1110 g/mol. The maximum absolute atomic E-state index is 13.5. The lowest BCUT2D eigenvalue weighted by molar-refractivity contribution is -0.138. The van der Waals surface area contributed by atoms with E-state index in [0.29, 0.717) is 34.3 Å². The molecular weight excluding hydrogens is 1040 g/mol. The van der Waals surface area contributed by atoms with Crippen LogP contribution >= 0.6 is 15.9 Å². The smallest absolute Gasteiger partial charge is 0.416 e. The molecule has 2 aliphatic heterocycles. The van der Waals surface area contributed by atoms with Crippen molar-refractivity contribution >= 4 is 39.8 Å². The van der Waals surface area contributed by atoms with E-state index in [1.807, 2.05) is 45.4 Å². The quantitative estimate of drug-likeness (QED) is 0.106. The molecule has 75 heavy (non-hydrogen) atoms. The second-order valence-electron chi connectivity index (χ2n) is 20.5. The molecule has 2 aromatic carbocycles. The minimum absolute atomic E-state index is 0.230. The molecule has 2 saturated heterocycles. The van der Waals surface area contributed by atoms with Gasteiger partial charge in [-0.15, -0.1) is 0 Å². The van der Waals surface area contributed by atoms with Crippen LogP contribution in [0.1, 0.15) is 149 Å². The van der Waals surface area contributed by atoms with E-state index < -0.39 is 60.0 Å². The van der Waals surface area contributed by atoms with Gasteiger partial charge >= 0.3 is 24.5 Å². The van der Waals surface area contributed by atoms with Gasteiger partial charge in [-0.1, -0.05) is 61.8 Å². The van der Waals surface area contributed by atoms with Gasteiger partial charge in [0.1, 0.15) is 23.8 Å². The van der Waals surface area contributed by atoms with Gasteiger partial charge in [0.25, 0.3) is 0 Å². The molecule has 2 aliphatic carbocycles. The lowest BCUT2D eigenvalue weighted by atomic mass is 9.93. The van der Waals surface area contributed by atoms with E-state index in [9.17, 15) is 35.9 Å². The fraction of sp³-hybridized carbons (Fsp3) is 0.518. The third-order valence-corrected chi connectivity index (χ3v) is 15.6. The van der Waals surface area contributed by atoms with Crippen molar-refractivity contribution in [3.63, 3.8) is 0 Å². The summed E-state index contributed by atoms with van der Waals surface area (Å²) in [6.45, 7) is 13.2. The van der Waals surface area contributed by atoms with Crippen LogP contribution in [0.5, 0.6) is 0 Å². The van der Waals surface area contributed by atoms with Crippen LogP contribution in [0.25, 0.3) is 11.1 Å². The third kappa shape index (κ3) is 12.7. The van der Waals surface area contributed by atoms with E-state index >= 15 is 0 Å². The lowest BCUT2D eigenvalue weighted by Crippen LogP contribution is -2.39. The summed E-state index contributed by atoms with van der Waals surface area (Å²) in [5.74, 6) is 1.68. The SMILES string of the molecule is CCN(c1ncc(-c2cnn(C)c2)cc1CN1C(=O)O[C@H](c2cc(C)cc(C(F)(F)F)c2)[C@@H]1C)C1CCCCC1.CCN(c1ncc(Br)cc1CN1C(=O)O[C@H](c2cc(C)cc(C(F)(F)F)c2)[C@@H]1C)C1CCCCC1. The Labute approximate surface area is 443 Å². The number of halogens is 7. The number of amides is 2. The molecule has 19 heteroatoms. The molecular formula is C56H67BrF6N8O4. The molecule has 0 radical (unpaired) electrons. The largest absolute Gasteiger partial charge is 0.439 e. The Morgan fingerprint density at radius 1 is 0.613 bits per heavy atom. The number of benzene rings is 2. The first-order valence-electron chi connectivity index (χ1n) is 26.1. The van der Waals surface area contributed by atoms with Gasteiger partial charge in [0.2, 0.25) is 0 Å². The van der Waals surface area contributed by atoms with Gasteiger partial charge < -0.3 is 19.3 Å².